The fraction of sp³-hybridized carbons (Fsp3) is 0.0909. The van der Waals surface area contributed by atoms with E-state index in [9.17, 15) is 15.2 Å². The number of hydrogen-bond donors (Lipinski definition) is 1. The van der Waals surface area contributed by atoms with E-state index in [1.807, 2.05) is 0 Å². The zero-order chi connectivity index (χ0) is 11.0. The number of fused-ring (bicyclic) bond motifs is 1. The number of nitro groups is 1. The minimum absolute atomic E-state index is 0.0286. The van der Waals surface area contributed by atoms with Crippen LogP contribution in [-0.4, -0.2) is 10.0 Å². The summed E-state index contributed by atoms with van der Waals surface area (Å²) in [6.07, 6.45) is 0. The van der Waals surface area contributed by atoms with Crippen molar-refractivity contribution in [2.45, 2.75) is 6.92 Å². The van der Waals surface area contributed by atoms with Gasteiger partial charge in [0.2, 0.25) is 0 Å². The third-order valence-electron chi connectivity index (χ3n) is 2.40. The van der Waals surface area contributed by atoms with Crippen LogP contribution >= 0.6 is 0 Å². The minimum Gasteiger partial charge on any atom is -0.507 e. The van der Waals surface area contributed by atoms with Crippen LogP contribution in [0.1, 0.15) is 5.56 Å². The van der Waals surface area contributed by atoms with E-state index >= 15 is 0 Å². The van der Waals surface area contributed by atoms with Gasteiger partial charge in [0, 0.05) is 11.5 Å². The van der Waals surface area contributed by atoms with Crippen LogP contribution in [0.3, 0.4) is 0 Å². The highest BCUT2D eigenvalue weighted by Crippen LogP contribution is 2.34. The van der Waals surface area contributed by atoms with Gasteiger partial charge in [0.1, 0.15) is 5.75 Å². The molecule has 2 aromatic rings. The highest BCUT2D eigenvalue weighted by Gasteiger charge is 2.15. The lowest BCUT2D eigenvalue weighted by Gasteiger charge is -2.04. The summed E-state index contributed by atoms with van der Waals surface area (Å²) >= 11 is 0. The first kappa shape index (κ1) is 9.45. The normalized spacial score (nSPS) is 10.5. The number of nitrogens with zero attached hydrogens (tertiary/aromatic N) is 1. The van der Waals surface area contributed by atoms with Crippen molar-refractivity contribution in [2.24, 2.45) is 0 Å². The predicted octanol–water partition coefficient (Wildman–Crippen LogP) is 2.76. The summed E-state index contributed by atoms with van der Waals surface area (Å²) in [6, 6.07) is 7.89. The Morgan fingerprint density at radius 2 is 2.00 bits per heavy atom. The Kier molecular flexibility index (Phi) is 2.04. The van der Waals surface area contributed by atoms with Gasteiger partial charge in [-0.1, -0.05) is 18.2 Å². The summed E-state index contributed by atoms with van der Waals surface area (Å²) in [7, 11) is 0. The topological polar surface area (TPSA) is 63.4 Å². The van der Waals surface area contributed by atoms with Crippen molar-refractivity contribution >= 4 is 16.5 Å². The summed E-state index contributed by atoms with van der Waals surface area (Å²) in [4.78, 5) is 10.4. The van der Waals surface area contributed by atoms with Crippen molar-refractivity contribution in [3.63, 3.8) is 0 Å². The fourth-order valence-electron chi connectivity index (χ4n) is 1.70. The number of benzene rings is 2. The van der Waals surface area contributed by atoms with Gasteiger partial charge < -0.3 is 5.11 Å². The average molecular weight is 203 g/mol. The Bertz CT molecular complexity index is 549. The van der Waals surface area contributed by atoms with E-state index in [0.29, 0.717) is 10.8 Å². The molecule has 0 aliphatic heterocycles. The van der Waals surface area contributed by atoms with Crippen molar-refractivity contribution in [2.75, 3.05) is 0 Å². The quantitative estimate of drug-likeness (QED) is 0.572. The zero-order valence-corrected chi connectivity index (χ0v) is 8.10. The first-order chi connectivity index (χ1) is 7.11. The standard InChI is InChI=1S/C11H9NO3/c1-7-3-2-4-8-10(13)6-5-9(11(7)8)12(14)15/h2-6,13H,1H3. The third kappa shape index (κ3) is 1.40. The smallest absolute Gasteiger partial charge is 0.277 e. The van der Waals surface area contributed by atoms with Crippen molar-refractivity contribution < 1.29 is 10.0 Å². The molecule has 0 spiro atoms. The van der Waals surface area contributed by atoms with Crippen LogP contribution in [0.25, 0.3) is 10.8 Å². The number of aromatic hydroxyl groups is 1. The number of hydrogen-bond acceptors (Lipinski definition) is 3. The summed E-state index contributed by atoms with van der Waals surface area (Å²) < 4.78 is 0. The van der Waals surface area contributed by atoms with Crippen LogP contribution < -0.4 is 0 Å². The highest BCUT2D eigenvalue weighted by atomic mass is 16.6. The van der Waals surface area contributed by atoms with Gasteiger partial charge in [0.05, 0.1) is 10.3 Å². The van der Waals surface area contributed by atoms with Gasteiger partial charge in [-0.3, -0.25) is 10.1 Å². The molecular weight excluding hydrogens is 194 g/mol. The van der Waals surface area contributed by atoms with E-state index in [-0.39, 0.29) is 11.4 Å². The lowest BCUT2D eigenvalue weighted by atomic mass is 10.0. The van der Waals surface area contributed by atoms with Crippen LogP contribution in [0, 0.1) is 17.0 Å². The van der Waals surface area contributed by atoms with Gasteiger partial charge in [-0.2, -0.15) is 0 Å². The Balaban J connectivity index is 2.96. The largest absolute Gasteiger partial charge is 0.507 e. The van der Waals surface area contributed by atoms with Crippen molar-refractivity contribution in [3.8, 4) is 5.75 Å². The number of phenols is 1. The molecule has 0 radical (unpaired) electrons. The first-order valence-corrected chi connectivity index (χ1v) is 4.47. The molecular formula is C11H9NO3. The number of rotatable bonds is 1. The maximum atomic E-state index is 10.8. The molecule has 15 heavy (non-hydrogen) atoms. The van der Waals surface area contributed by atoms with Gasteiger partial charge in [-0.25, -0.2) is 0 Å². The number of phenolic OH excluding ortho intramolecular Hbond substituents is 1. The molecule has 0 aromatic heterocycles. The van der Waals surface area contributed by atoms with Crippen molar-refractivity contribution in [3.05, 3.63) is 46.0 Å². The molecule has 1 N–H and O–H groups in total. The van der Waals surface area contributed by atoms with Crippen LogP contribution in [0.2, 0.25) is 0 Å². The molecule has 76 valence electrons. The monoisotopic (exact) mass is 203 g/mol. The second-order valence-corrected chi connectivity index (χ2v) is 3.36. The Labute approximate surface area is 85.9 Å². The van der Waals surface area contributed by atoms with Crippen LogP contribution in [0.15, 0.2) is 30.3 Å². The lowest BCUT2D eigenvalue weighted by molar-refractivity contribution is -0.383. The molecule has 0 amide bonds. The van der Waals surface area contributed by atoms with Crippen molar-refractivity contribution in [1.82, 2.24) is 0 Å². The van der Waals surface area contributed by atoms with Gasteiger partial charge in [-0.15, -0.1) is 0 Å². The molecule has 0 heterocycles. The molecule has 4 nitrogen and oxygen atoms in total. The summed E-state index contributed by atoms with van der Waals surface area (Å²) in [5.74, 6) is 0.0688. The third-order valence-corrected chi connectivity index (χ3v) is 2.40. The summed E-state index contributed by atoms with van der Waals surface area (Å²) in [5.41, 5.74) is 0.816. The maximum absolute atomic E-state index is 10.8. The fourth-order valence-corrected chi connectivity index (χ4v) is 1.70. The molecule has 4 heteroatoms. The van der Waals surface area contributed by atoms with Crippen LogP contribution in [-0.2, 0) is 0 Å². The van der Waals surface area contributed by atoms with E-state index in [4.69, 9.17) is 0 Å². The van der Waals surface area contributed by atoms with E-state index < -0.39 is 4.92 Å². The van der Waals surface area contributed by atoms with Gasteiger partial charge in [0.15, 0.2) is 0 Å². The zero-order valence-electron chi connectivity index (χ0n) is 8.10. The molecule has 0 aliphatic rings. The molecule has 0 aliphatic carbocycles. The Morgan fingerprint density at radius 1 is 1.27 bits per heavy atom. The second-order valence-electron chi connectivity index (χ2n) is 3.36. The van der Waals surface area contributed by atoms with Gasteiger partial charge in [0.25, 0.3) is 5.69 Å². The Morgan fingerprint density at radius 3 is 2.67 bits per heavy atom. The van der Waals surface area contributed by atoms with Crippen LogP contribution in [0.4, 0.5) is 5.69 Å². The molecule has 0 saturated heterocycles. The summed E-state index contributed by atoms with van der Waals surface area (Å²) in [5, 5.41) is 21.4. The molecule has 0 fully saturated rings. The first-order valence-electron chi connectivity index (χ1n) is 4.47. The number of aryl methyl sites for hydroxylation is 1. The Hall–Kier alpha value is -2.10. The van der Waals surface area contributed by atoms with E-state index in [1.165, 1.54) is 12.1 Å². The minimum atomic E-state index is -0.436. The van der Waals surface area contributed by atoms with E-state index in [1.54, 1.807) is 25.1 Å². The highest BCUT2D eigenvalue weighted by molar-refractivity contribution is 5.97. The summed E-state index contributed by atoms with van der Waals surface area (Å²) in [6.45, 7) is 1.79. The molecule has 0 atom stereocenters. The lowest BCUT2D eigenvalue weighted by Crippen LogP contribution is -1.91. The second kappa shape index (κ2) is 3.24. The maximum Gasteiger partial charge on any atom is 0.277 e. The van der Waals surface area contributed by atoms with Crippen molar-refractivity contribution in [1.29, 1.82) is 0 Å². The molecule has 2 aromatic carbocycles. The average Bonchev–Trinajstić information content (AvgIpc) is 2.19. The van der Waals surface area contributed by atoms with Gasteiger partial charge >= 0.3 is 0 Å². The number of non-ortho nitro benzene ring substituents is 1. The van der Waals surface area contributed by atoms with Gasteiger partial charge in [-0.05, 0) is 18.6 Å². The van der Waals surface area contributed by atoms with E-state index in [0.717, 1.165) is 5.56 Å². The molecule has 0 unspecified atom stereocenters. The van der Waals surface area contributed by atoms with E-state index in [2.05, 4.69) is 0 Å². The van der Waals surface area contributed by atoms with Crippen LogP contribution in [0.5, 0.6) is 5.75 Å². The molecule has 2 rings (SSSR count). The number of nitro benzene ring substituents is 1. The predicted molar refractivity (Wildman–Crippen MR) is 57.0 cm³/mol. The molecule has 0 bridgehead atoms. The SMILES string of the molecule is Cc1cccc2c(O)ccc([N+](=O)[O-])c12. The molecule has 0 saturated carbocycles.